The second kappa shape index (κ2) is 4.14. The van der Waals surface area contributed by atoms with Crippen LogP contribution in [0, 0.1) is 0 Å². The zero-order valence-corrected chi connectivity index (χ0v) is 8.98. The Bertz CT molecular complexity index is 506. The van der Waals surface area contributed by atoms with E-state index in [0.717, 1.165) is 28.2 Å². The monoisotopic (exact) mass is 213 g/mol. The van der Waals surface area contributed by atoms with Crippen molar-refractivity contribution >= 4 is 17.1 Å². The molecule has 0 spiro atoms. The number of para-hydroxylation sites is 1. The van der Waals surface area contributed by atoms with E-state index in [1.54, 1.807) is 6.07 Å². The average molecular weight is 213 g/mol. The highest BCUT2D eigenvalue weighted by Gasteiger charge is 2.03. The number of nitrogen functional groups attached to an aromatic ring is 3. The molecule has 2 aromatic rings. The van der Waals surface area contributed by atoms with Crippen LogP contribution in [0.1, 0.15) is 11.1 Å². The lowest BCUT2D eigenvalue weighted by molar-refractivity contribution is 1.20. The number of anilines is 3. The lowest BCUT2D eigenvalue weighted by Gasteiger charge is -2.08. The molecule has 0 fully saturated rings. The first-order chi connectivity index (χ1) is 7.66. The molecule has 3 heteroatoms. The van der Waals surface area contributed by atoms with Gasteiger partial charge in [0.2, 0.25) is 0 Å². The number of hydrogen-bond acceptors (Lipinski definition) is 3. The third kappa shape index (κ3) is 2.08. The van der Waals surface area contributed by atoms with Crippen LogP contribution >= 0.6 is 0 Å². The van der Waals surface area contributed by atoms with Crippen molar-refractivity contribution in [1.29, 1.82) is 0 Å². The van der Waals surface area contributed by atoms with E-state index in [-0.39, 0.29) is 0 Å². The van der Waals surface area contributed by atoms with Gasteiger partial charge in [0.15, 0.2) is 0 Å². The van der Waals surface area contributed by atoms with Crippen LogP contribution in [0.5, 0.6) is 0 Å². The molecule has 0 amide bonds. The minimum Gasteiger partial charge on any atom is -0.399 e. The highest BCUT2D eigenvalue weighted by atomic mass is 14.6. The molecule has 0 aliphatic carbocycles. The van der Waals surface area contributed by atoms with Crippen molar-refractivity contribution < 1.29 is 0 Å². The Labute approximate surface area is 94.9 Å². The molecule has 16 heavy (non-hydrogen) atoms. The summed E-state index contributed by atoms with van der Waals surface area (Å²) in [6.07, 6.45) is 0.712. The van der Waals surface area contributed by atoms with Gasteiger partial charge in [-0.2, -0.15) is 0 Å². The average Bonchev–Trinajstić information content (AvgIpc) is 2.27. The van der Waals surface area contributed by atoms with Crippen molar-refractivity contribution in [2.45, 2.75) is 6.42 Å². The van der Waals surface area contributed by atoms with Crippen LogP contribution in [-0.4, -0.2) is 0 Å². The van der Waals surface area contributed by atoms with Gasteiger partial charge in [0, 0.05) is 23.5 Å². The van der Waals surface area contributed by atoms with Crippen LogP contribution < -0.4 is 17.2 Å². The molecule has 0 atom stereocenters. The van der Waals surface area contributed by atoms with Crippen molar-refractivity contribution in [2.24, 2.45) is 0 Å². The summed E-state index contributed by atoms with van der Waals surface area (Å²) in [4.78, 5) is 0. The normalized spacial score (nSPS) is 10.2. The van der Waals surface area contributed by atoms with Crippen LogP contribution in [0.3, 0.4) is 0 Å². The number of nitrogens with two attached hydrogens (primary N) is 3. The van der Waals surface area contributed by atoms with Crippen molar-refractivity contribution in [3.8, 4) is 0 Å². The van der Waals surface area contributed by atoms with E-state index in [9.17, 15) is 0 Å². The smallest absolute Gasteiger partial charge is 0.0351 e. The Morgan fingerprint density at radius 2 is 1.44 bits per heavy atom. The largest absolute Gasteiger partial charge is 0.399 e. The molecule has 0 saturated heterocycles. The van der Waals surface area contributed by atoms with Gasteiger partial charge in [-0.05, 0) is 35.4 Å². The van der Waals surface area contributed by atoms with E-state index in [0.29, 0.717) is 6.42 Å². The molecule has 82 valence electrons. The van der Waals surface area contributed by atoms with Gasteiger partial charge < -0.3 is 17.2 Å². The number of rotatable bonds is 2. The zero-order chi connectivity index (χ0) is 11.5. The molecule has 0 aliphatic heterocycles. The van der Waals surface area contributed by atoms with Crippen LogP contribution in [0.2, 0.25) is 0 Å². The molecular weight excluding hydrogens is 198 g/mol. The van der Waals surface area contributed by atoms with Crippen LogP contribution in [-0.2, 0) is 6.42 Å². The fourth-order valence-corrected chi connectivity index (χ4v) is 1.68. The predicted molar refractivity (Wildman–Crippen MR) is 68.9 cm³/mol. The molecule has 0 aliphatic rings. The second-order valence-electron chi connectivity index (χ2n) is 3.83. The molecule has 0 saturated carbocycles. The van der Waals surface area contributed by atoms with Gasteiger partial charge in [-0.15, -0.1) is 0 Å². The third-order valence-electron chi connectivity index (χ3n) is 2.60. The predicted octanol–water partition coefficient (Wildman–Crippen LogP) is 2.02. The molecule has 2 aromatic carbocycles. The molecule has 6 N–H and O–H groups in total. The first-order valence-corrected chi connectivity index (χ1v) is 5.14. The lowest BCUT2D eigenvalue weighted by atomic mass is 10.0. The van der Waals surface area contributed by atoms with E-state index >= 15 is 0 Å². The minimum absolute atomic E-state index is 0.712. The van der Waals surface area contributed by atoms with Crippen LogP contribution in [0.4, 0.5) is 17.1 Å². The molecule has 0 bridgehead atoms. The highest BCUT2D eigenvalue weighted by molar-refractivity contribution is 5.58. The Kier molecular flexibility index (Phi) is 2.68. The van der Waals surface area contributed by atoms with Gasteiger partial charge in [0.25, 0.3) is 0 Å². The summed E-state index contributed by atoms with van der Waals surface area (Å²) in [6, 6.07) is 13.3. The van der Waals surface area contributed by atoms with Gasteiger partial charge in [0.1, 0.15) is 0 Å². The number of benzene rings is 2. The first kappa shape index (κ1) is 10.4. The van der Waals surface area contributed by atoms with Gasteiger partial charge in [0.05, 0.1) is 0 Å². The number of hydrogen-bond donors (Lipinski definition) is 3. The Morgan fingerprint density at radius 3 is 2.19 bits per heavy atom. The van der Waals surface area contributed by atoms with E-state index < -0.39 is 0 Å². The maximum atomic E-state index is 5.89. The van der Waals surface area contributed by atoms with Crippen molar-refractivity contribution in [3.05, 3.63) is 53.6 Å². The summed E-state index contributed by atoms with van der Waals surface area (Å²) in [6.45, 7) is 0. The summed E-state index contributed by atoms with van der Waals surface area (Å²) in [5.41, 5.74) is 21.8. The van der Waals surface area contributed by atoms with E-state index in [1.807, 2.05) is 36.4 Å². The first-order valence-electron chi connectivity index (χ1n) is 5.14. The Morgan fingerprint density at radius 1 is 0.750 bits per heavy atom. The Balaban J connectivity index is 2.34. The second-order valence-corrected chi connectivity index (χ2v) is 3.83. The van der Waals surface area contributed by atoms with Gasteiger partial charge in [-0.1, -0.05) is 18.2 Å². The summed E-state index contributed by atoms with van der Waals surface area (Å²) < 4.78 is 0. The maximum absolute atomic E-state index is 5.89. The third-order valence-corrected chi connectivity index (χ3v) is 2.60. The topological polar surface area (TPSA) is 78.1 Å². The highest BCUT2D eigenvalue weighted by Crippen LogP contribution is 2.22. The van der Waals surface area contributed by atoms with Gasteiger partial charge in [-0.25, -0.2) is 0 Å². The van der Waals surface area contributed by atoms with Crippen molar-refractivity contribution in [3.63, 3.8) is 0 Å². The zero-order valence-electron chi connectivity index (χ0n) is 8.98. The van der Waals surface area contributed by atoms with Crippen molar-refractivity contribution in [2.75, 3.05) is 17.2 Å². The van der Waals surface area contributed by atoms with E-state index in [4.69, 9.17) is 17.2 Å². The van der Waals surface area contributed by atoms with Crippen molar-refractivity contribution in [1.82, 2.24) is 0 Å². The molecule has 0 heterocycles. The molecule has 0 aromatic heterocycles. The minimum atomic E-state index is 0.712. The summed E-state index contributed by atoms with van der Waals surface area (Å²) in [5.74, 6) is 0. The molecule has 0 radical (unpaired) electrons. The van der Waals surface area contributed by atoms with E-state index in [1.165, 1.54) is 0 Å². The quantitative estimate of drug-likeness (QED) is 0.668. The lowest BCUT2D eigenvalue weighted by Crippen LogP contribution is -2.00. The maximum Gasteiger partial charge on any atom is 0.0351 e. The summed E-state index contributed by atoms with van der Waals surface area (Å²) >= 11 is 0. The fraction of sp³-hybridized carbons (Fsp3) is 0.0769. The van der Waals surface area contributed by atoms with E-state index in [2.05, 4.69) is 0 Å². The standard InChI is InChI=1S/C13H15N3/c14-11-5-6-13(16)10(8-11)7-9-3-1-2-4-12(9)15/h1-6,8H,7,14-16H2. The molecular formula is C13H15N3. The summed E-state index contributed by atoms with van der Waals surface area (Å²) in [7, 11) is 0. The van der Waals surface area contributed by atoms with Gasteiger partial charge in [-0.3, -0.25) is 0 Å². The Hall–Kier alpha value is -2.16. The van der Waals surface area contributed by atoms with Gasteiger partial charge >= 0.3 is 0 Å². The van der Waals surface area contributed by atoms with Crippen LogP contribution in [0.25, 0.3) is 0 Å². The van der Waals surface area contributed by atoms with Crippen LogP contribution in [0.15, 0.2) is 42.5 Å². The molecule has 0 unspecified atom stereocenters. The summed E-state index contributed by atoms with van der Waals surface area (Å²) in [5, 5.41) is 0. The molecule has 2 rings (SSSR count). The fourth-order valence-electron chi connectivity index (χ4n) is 1.68. The SMILES string of the molecule is Nc1ccc(N)c(Cc2ccccc2N)c1. The molecule has 3 nitrogen and oxygen atoms in total.